The molecule has 2 aliphatic rings. The predicted molar refractivity (Wildman–Crippen MR) is 133 cm³/mol. The third-order valence-electron chi connectivity index (χ3n) is 5.96. The zero-order valence-corrected chi connectivity index (χ0v) is 19.4. The van der Waals surface area contributed by atoms with Crippen molar-refractivity contribution in [3.63, 3.8) is 0 Å². The van der Waals surface area contributed by atoms with Crippen molar-refractivity contribution in [2.75, 3.05) is 53.4 Å². The molecule has 170 valence electrons. The fourth-order valence-corrected chi connectivity index (χ4v) is 4.51. The van der Waals surface area contributed by atoms with Crippen molar-refractivity contribution in [3.8, 4) is 0 Å². The fraction of sp³-hybridized carbons (Fsp3) is 0.292. The molecule has 8 nitrogen and oxygen atoms in total. The summed E-state index contributed by atoms with van der Waals surface area (Å²) in [6.45, 7) is 5.53. The number of benzene rings is 2. The Hall–Kier alpha value is -3.36. The van der Waals surface area contributed by atoms with Gasteiger partial charge < -0.3 is 20.4 Å². The average Bonchev–Trinajstić information content (AvgIpc) is 2.82. The molecule has 1 atom stereocenters. The van der Waals surface area contributed by atoms with Gasteiger partial charge in [0.15, 0.2) is 0 Å². The number of anilines is 5. The number of carbonyl (C=O) groups excluding carboxylic acids is 1. The van der Waals surface area contributed by atoms with Gasteiger partial charge in [0.25, 0.3) is 5.91 Å². The quantitative estimate of drug-likeness (QED) is 0.610. The van der Waals surface area contributed by atoms with Crippen LogP contribution < -0.4 is 25.3 Å². The summed E-state index contributed by atoms with van der Waals surface area (Å²) in [6, 6.07) is 16.1. The third-order valence-corrected chi connectivity index (χ3v) is 6.28. The fourth-order valence-electron chi connectivity index (χ4n) is 4.27. The lowest BCUT2D eigenvalue weighted by molar-refractivity contribution is 0.0982. The molecule has 0 radical (unpaired) electrons. The molecule has 3 aromatic rings. The van der Waals surface area contributed by atoms with Gasteiger partial charge in [-0.15, -0.1) is 0 Å². The first-order chi connectivity index (χ1) is 16.0. The number of piperazine rings is 1. The second-order valence-corrected chi connectivity index (χ2v) is 8.84. The Morgan fingerprint density at radius 3 is 2.70 bits per heavy atom. The second-order valence-electron chi connectivity index (χ2n) is 8.43. The van der Waals surface area contributed by atoms with E-state index in [4.69, 9.17) is 11.6 Å². The van der Waals surface area contributed by atoms with Crippen LogP contribution >= 0.6 is 11.6 Å². The van der Waals surface area contributed by atoms with Crippen molar-refractivity contribution >= 4 is 46.3 Å². The molecule has 0 bridgehead atoms. The molecule has 0 unspecified atom stereocenters. The van der Waals surface area contributed by atoms with Crippen molar-refractivity contribution in [1.29, 1.82) is 0 Å². The van der Waals surface area contributed by atoms with Gasteiger partial charge in [-0.1, -0.05) is 23.7 Å². The van der Waals surface area contributed by atoms with Crippen LogP contribution in [0.3, 0.4) is 0 Å². The SMILES string of the molecule is C[C@@H]1CN(c2ccc(Nc3ncc4c(n3)N(C)CN(c3ccccc3Cl)C4=O)cc2)CCN1. The van der Waals surface area contributed by atoms with E-state index in [0.717, 1.165) is 25.3 Å². The summed E-state index contributed by atoms with van der Waals surface area (Å²) in [5, 5.41) is 7.25. The number of aromatic nitrogens is 2. The van der Waals surface area contributed by atoms with E-state index in [0.29, 0.717) is 40.8 Å². The minimum atomic E-state index is -0.169. The summed E-state index contributed by atoms with van der Waals surface area (Å²) in [5.74, 6) is 0.868. The van der Waals surface area contributed by atoms with Crippen molar-refractivity contribution < 1.29 is 4.79 Å². The van der Waals surface area contributed by atoms with Gasteiger partial charge >= 0.3 is 0 Å². The normalized spacial score (nSPS) is 18.3. The van der Waals surface area contributed by atoms with Crippen LogP contribution in [0.4, 0.5) is 28.8 Å². The standard InChI is InChI=1S/C24H26ClN7O/c1-16-14-31(12-11-26-16)18-9-7-17(8-10-18)28-24-27-13-19-22(29-24)30(2)15-32(23(19)33)21-6-4-3-5-20(21)25/h3-10,13,16,26H,11-12,14-15H2,1-2H3,(H,27,28,29)/t16-/m1/s1. The van der Waals surface area contributed by atoms with E-state index >= 15 is 0 Å². The average molecular weight is 464 g/mol. The molecule has 33 heavy (non-hydrogen) atoms. The van der Waals surface area contributed by atoms with Crippen LogP contribution in [0.1, 0.15) is 17.3 Å². The van der Waals surface area contributed by atoms with E-state index < -0.39 is 0 Å². The van der Waals surface area contributed by atoms with Crippen LogP contribution in [0.25, 0.3) is 0 Å². The molecule has 1 saturated heterocycles. The number of hydrogen-bond donors (Lipinski definition) is 2. The Bertz CT molecular complexity index is 1170. The first-order valence-corrected chi connectivity index (χ1v) is 11.4. The molecule has 2 N–H and O–H groups in total. The minimum Gasteiger partial charge on any atom is -0.369 e. The number of nitrogens with one attached hydrogen (secondary N) is 2. The van der Waals surface area contributed by atoms with Crippen molar-refractivity contribution in [1.82, 2.24) is 15.3 Å². The molecule has 0 aliphatic carbocycles. The van der Waals surface area contributed by atoms with Gasteiger partial charge in [0.1, 0.15) is 11.4 Å². The molecule has 1 aromatic heterocycles. The lowest BCUT2D eigenvalue weighted by atomic mass is 10.2. The van der Waals surface area contributed by atoms with E-state index in [9.17, 15) is 4.79 Å². The van der Waals surface area contributed by atoms with Crippen LogP contribution in [0.2, 0.25) is 5.02 Å². The molecule has 2 aromatic carbocycles. The number of fused-ring (bicyclic) bond motifs is 1. The van der Waals surface area contributed by atoms with Crippen LogP contribution in [-0.2, 0) is 0 Å². The van der Waals surface area contributed by atoms with Crippen molar-refractivity contribution in [3.05, 3.63) is 65.3 Å². The minimum absolute atomic E-state index is 0.169. The van der Waals surface area contributed by atoms with Gasteiger partial charge in [-0.2, -0.15) is 4.98 Å². The Kier molecular flexibility index (Phi) is 5.78. The largest absolute Gasteiger partial charge is 0.369 e. The maximum absolute atomic E-state index is 13.1. The summed E-state index contributed by atoms with van der Waals surface area (Å²) in [6.07, 6.45) is 1.57. The predicted octanol–water partition coefficient (Wildman–Crippen LogP) is 3.73. The van der Waals surface area contributed by atoms with Crippen molar-refractivity contribution in [2.45, 2.75) is 13.0 Å². The lowest BCUT2D eigenvalue weighted by Crippen LogP contribution is -2.49. The molecule has 9 heteroatoms. The number of hydrogen-bond acceptors (Lipinski definition) is 7. The lowest BCUT2D eigenvalue weighted by Gasteiger charge is -2.35. The van der Waals surface area contributed by atoms with Crippen molar-refractivity contribution in [2.24, 2.45) is 0 Å². The number of nitrogens with zero attached hydrogens (tertiary/aromatic N) is 5. The Labute approximate surface area is 198 Å². The first-order valence-electron chi connectivity index (χ1n) is 11.0. The molecule has 3 heterocycles. The maximum Gasteiger partial charge on any atom is 0.265 e. The molecule has 0 spiro atoms. The highest BCUT2D eigenvalue weighted by Crippen LogP contribution is 2.32. The summed E-state index contributed by atoms with van der Waals surface area (Å²) in [5.41, 5.74) is 3.20. The van der Waals surface area contributed by atoms with Gasteiger partial charge in [0, 0.05) is 50.3 Å². The molecule has 1 amide bonds. The van der Waals surface area contributed by atoms with Gasteiger partial charge in [-0.05, 0) is 43.3 Å². The first kappa shape index (κ1) is 21.5. The van der Waals surface area contributed by atoms with E-state index in [1.165, 1.54) is 5.69 Å². The highest BCUT2D eigenvalue weighted by atomic mass is 35.5. The Balaban J connectivity index is 1.33. The summed E-state index contributed by atoms with van der Waals surface area (Å²) < 4.78 is 0. The van der Waals surface area contributed by atoms with E-state index in [1.54, 1.807) is 17.2 Å². The summed E-state index contributed by atoms with van der Waals surface area (Å²) in [7, 11) is 1.90. The van der Waals surface area contributed by atoms with Crippen LogP contribution in [-0.4, -0.2) is 55.3 Å². The van der Waals surface area contributed by atoms with Gasteiger partial charge in [-0.25, -0.2) is 4.98 Å². The number of para-hydroxylation sites is 1. The molecule has 5 rings (SSSR count). The zero-order valence-electron chi connectivity index (χ0n) is 18.6. The monoisotopic (exact) mass is 463 g/mol. The van der Waals surface area contributed by atoms with Crippen LogP contribution in [0.5, 0.6) is 0 Å². The van der Waals surface area contributed by atoms with E-state index in [2.05, 4.69) is 44.6 Å². The highest BCUT2D eigenvalue weighted by Gasteiger charge is 2.31. The van der Waals surface area contributed by atoms with Crippen LogP contribution in [0, 0.1) is 0 Å². The highest BCUT2D eigenvalue weighted by molar-refractivity contribution is 6.34. The maximum atomic E-state index is 13.1. The molecular formula is C24H26ClN7O. The second kappa shape index (κ2) is 8.88. The number of amides is 1. The molecular weight excluding hydrogens is 438 g/mol. The van der Waals surface area contributed by atoms with Gasteiger partial charge in [-0.3, -0.25) is 9.69 Å². The molecule has 2 aliphatic heterocycles. The van der Waals surface area contributed by atoms with Gasteiger partial charge in [0.2, 0.25) is 5.95 Å². The van der Waals surface area contributed by atoms with Crippen LogP contribution in [0.15, 0.2) is 54.7 Å². The molecule has 0 saturated carbocycles. The topological polar surface area (TPSA) is 76.6 Å². The summed E-state index contributed by atoms with van der Waals surface area (Å²) >= 11 is 6.32. The van der Waals surface area contributed by atoms with E-state index in [1.807, 2.05) is 42.3 Å². The third kappa shape index (κ3) is 4.31. The van der Waals surface area contributed by atoms with E-state index in [-0.39, 0.29) is 5.91 Å². The Morgan fingerprint density at radius 2 is 1.94 bits per heavy atom. The summed E-state index contributed by atoms with van der Waals surface area (Å²) in [4.78, 5) is 28.1. The number of rotatable bonds is 4. The number of halogens is 1. The zero-order chi connectivity index (χ0) is 22.9. The Morgan fingerprint density at radius 1 is 1.15 bits per heavy atom. The smallest absolute Gasteiger partial charge is 0.265 e. The number of carbonyl (C=O) groups is 1. The molecule has 1 fully saturated rings. The van der Waals surface area contributed by atoms with Gasteiger partial charge in [0.05, 0.1) is 17.4 Å².